The Morgan fingerprint density at radius 2 is 1.71 bits per heavy atom. The predicted molar refractivity (Wildman–Crippen MR) is 90.9 cm³/mol. The van der Waals surface area contributed by atoms with Gasteiger partial charge in [0, 0.05) is 14.0 Å². The van der Waals surface area contributed by atoms with Crippen molar-refractivity contribution in [1.29, 1.82) is 0 Å². The number of rotatable bonds is 5. The zero-order valence-electron chi connectivity index (χ0n) is 17.0. The molecule has 0 aromatic rings. The van der Waals surface area contributed by atoms with Gasteiger partial charge in [0.25, 0.3) is 0 Å². The minimum Gasteiger partial charge on any atom is -0.461 e. The van der Waals surface area contributed by atoms with Crippen LogP contribution in [0.1, 0.15) is 34.6 Å². The number of hydrogen-bond acceptors (Lipinski definition) is 10. The van der Waals surface area contributed by atoms with Gasteiger partial charge in [-0.2, -0.15) is 0 Å². The Labute approximate surface area is 163 Å². The molecule has 0 spiro atoms. The number of carbonyl (C=O) groups excluding carboxylic acids is 2. The van der Waals surface area contributed by atoms with E-state index in [9.17, 15) is 9.59 Å². The van der Waals surface area contributed by atoms with Crippen LogP contribution in [0.2, 0.25) is 0 Å². The van der Waals surface area contributed by atoms with Crippen molar-refractivity contribution in [3.63, 3.8) is 0 Å². The van der Waals surface area contributed by atoms with Crippen molar-refractivity contribution >= 4 is 11.9 Å². The van der Waals surface area contributed by atoms with E-state index in [2.05, 4.69) is 0 Å². The van der Waals surface area contributed by atoms with Gasteiger partial charge in [0.1, 0.15) is 24.9 Å². The molecular weight excluding hydrogens is 376 g/mol. The van der Waals surface area contributed by atoms with Gasteiger partial charge in [0.15, 0.2) is 30.1 Å². The van der Waals surface area contributed by atoms with E-state index < -0.39 is 60.3 Å². The zero-order valence-corrected chi connectivity index (χ0v) is 17.0. The van der Waals surface area contributed by atoms with Crippen LogP contribution in [0.3, 0.4) is 0 Å². The summed E-state index contributed by atoms with van der Waals surface area (Å²) < 4.78 is 44.6. The third kappa shape index (κ3) is 4.64. The Morgan fingerprint density at radius 3 is 2.29 bits per heavy atom. The van der Waals surface area contributed by atoms with E-state index in [0.717, 1.165) is 0 Å². The summed E-state index contributed by atoms with van der Waals surface area (Å²) in [5.74, 6) is -2.80. The minimum atomic E-state index is -0.922. The van der Waals surface area contributed by atoms with Crippen LogP contribution in [0, 0.1) is 0 Å². The third-order valence-electron chi connectivity index (χ3n) is 4.63. The summed E-state index contributed by atoms with van der Waals surface area (Å²) in [6.07, 6.45) is -4.44. The lowest BCUT2D eigenvalue weighted by molar-refractivity contribution is -0.280. The van der Waals surface area contributed by atoms with E-state index in [1.165, 1.54) is 14.0 Å². The molecule has 10 heteroatoms. The first kappa shape index (κ1) is 21.4. The van der Waals surface area contributed by atoms with Crippen molar-refractivity contribution in [1.82, 2.24) is 0 Å². The summed E-state index contributed by atoms with van der Waals surface area (Å²) in [5.41, 5.74) is 0. The Kier molecular flexibility index (Phi) is 6.00. The molecule has 0 aromatic heterocycles. The number of fused-ring (bicyclic) bond motifs is 1. The van der Waals surface area contributed by atoms with Crippen LogP contribution < -0.4 is 0 Å². The van der Waals surface area contributed by atoms with Crippen LogP contribution in [0.25, 0.3) is 0 Å². The minimum absolute atomic E-state index is 0.105. The van der Waals surface area contributed by atoms with Gasteiger partial charge in [-0.1, -0.05) is 0 Å². The quantitative estimate of drug-likeness (QED) is 0.601. The van der Waals surface area contributed by atoms with Gasteiger partial charge in [0.05, 0.1) is 6.61 Å². The van der Waals surface area contributed by atoms with Crippen LogP contribution in [-0.4, -0.2) is 80.6 Å². The summed E-state index contributed by atoms with van der Waals surface area (Å²) in [6, 6.07) is 0. The highest BCUT2D eigenvalue weighted by molar-refractivity contribution is 5.75. The van der Waals surface area contributed by atoms with Gasteiger partial charge in [-0.3, -0.25) is 4.79 Å². The Hall–Kier alpha value is -1.30. The number of carbonyl (C=O) groups is 2. The maximum absolute atomic E-state index is 12.3. The van der Waals surface area contributed by atoms with Gasteiger partial charge < -0.3 is 37.9 Å². The molecule has 0 radical (unpaired) electrons. The standard InChI is InChI=1S/C18H28O10/c1-9(19)24-14-13-12(27-18(4,5)28-13)10(25-16(14)21-6)7-22-15(20)11-8-23-17(2,3)26-11/h10-14,16H,7-8H2,1-6H3/t10-,11-,12+,13+,14-,16+/m1/s1. The lowest BCUT2D eigenvalue weighted by Crippen LogP contribution is -2.59. The first-order valence-corrected chi connectivity index (χ1v) is 9.21. The number of ether oxygens (including phenoxy) is 8. The SMILES string of the molecule is CO[C@H]1O[C@H](COC(=O)[C@H]2COC(C)(C)O2)[C@@H]2OC(C)(C)O[C@@H]2[C@H]1OC(C)=O. The van der Waals surface area contributed by atoms with Crippen LogP contribution >= 0.6 is 0 Å². The highest BCUT2D eigenvalue weighted by atomic mass is 16.8. The molecule has 0 unspecified atom stereocenters. The third-order valence-corrected chi connectivity index (χ3v) is 4.63. The van der Waals surface area contributed by atoms with Crippen LogP contribution in [0.15, 0.2) is 0 Å². The zero-order chi connectivity index (χ0) is 20.7. The topological polar surface area (TPSA) is 108 Å². The maximum Gasteiger partial charge on any atom is 0.337 e. The highest BCUT2D eigenvalue weighted by Crippen LogP contribution is 2.39. The molecule has 3 aliphatic heterocycles. The lowest BCUT2D eigenvalue weighted by atomic mass is 9.99. The van der Waals surface area contributed by atoms with Crippen molar-refractivity contribution in [2.45, 2.75) is 83.0 Å². The highest BCUT2D eigenvalue weighted by Gasteiger charge is 2.57. The van der Waals surface area contributed by atoms with E-state index >= 15 is 0 Å². The van der Waals surface area contributed by atoms with Gasteiger partial charge in [0.2, 0.25) is 0 Å². The Bertz CT molecular complexity index is 603. The molecule has 0 saturated carbocycles. The number of methoxy groups -OCH3 is 1. The molecule has 3 rings (SSSR count). The van der Waals surface area contributed by atoms with Crippen molar-refractivity contribution in [3.8, 4) is 0 Å². The second-order valence-corrected chi connectivity index (χ2v) is 7.86. The molecule has 160 valence electrons. The molecule has 3 heterocycles. The predicted octanol–water partition coefficient (Wildman–Crippen LogP) is 0.504. The van der Waals surface area contributed by atoms with Crippen molar-refractivity contribution in [3.05, 3.63) is 0 Å². The van der Waals surface area contributed by atoms with E-state index in [1.807, 2.05) is 0 Å². The van der Waals surface area contributed by atoms with Gasteiger partial charge >= 0.3 is 11.9 Å². The molecule has 0 bridgehead atoms. The molecule has 10 nitrogen and oxygen atoms in total. The fourth-order valence-electron chi connectivity index (χ4n) is 3.54. The maximum atomic E-state index is 12.3. The smallest absolute Gasteiger partial charge is 0.337 e. The monoisotopic (exact) mass is 404 g/mol. The second kappa shape index (κ2) is 7.85. The average molecular weight is 404 g/mol. The van der Waals surface area contributed by atoms with Gasteiger partial charge in [-0.05, 0) is 27.7 Å². The molecule has 3 aliphatic rings. The van der Waals surface area contributed by atoms with Crippen molar-refractivity contribution in [2.75, 3.05) is 20.3 Å². The molecule has 6 atom stereocenters. The van der Waals surface area contributed by atoms with E-state index in [-0.39, 0.29) is 13.2 Å². The number of hydrogen-bond donors (Lipinski definition) is 0. The van der Waals surface area contributed by atoms with Crippen molar-refractivity contribution in [2.24, 2.45) is 0 Å². The summed E-state index contributed by atoms with van der Waals surface area (Å²) in [5, 5.41) is 0. The number of esters is 2. The Balaban J connectivity index is 1.67. The van der Waals surface area contributed by atoms with Gasteiger partial charge in [-0.15, -0.1) is 0 Å². The van der Waals surface area contributed by atoms with E-state index in [1.54, 1.807) is 27.7 Å². The molecular formula is C18H28O10. The summed E-state index contributed by atoms with van der Waals surface area (Å²) >= 11 is 0. The van der Waals surface area contributed by atoms with Crippen LogP contribution in [0.5, 0.6) is 0 Å². The van der Waals surface area contributed by atoms with E-state index in [0.29, 0.717) is 0 Å². The summed E-state index contributed by atoms with van der Waals surface area (Å²) in [7, 11) is 1.43. The first-order chi connectivity index (χ1) is 13.0. The molecule has 28 heavy (non-hydrogen) atoms. The molecule has 0 N–H and O–H groups in total. The molecule has 3 saturated heterocycles. The molecule has 0 aromatic carbocycles. The molecule has 0 amide bonds. The van der Waals surface area contributed by atoms with Gasteiger partial charge in [-0.25, -0.2) is 4.79 Å². The average Bonchev–Trinajstić information content (AvgIpc) is 3.11. The van der Waals surface area contributed by atoms with Crippen LogP contribution in [-0.2, 0) is 47.5 Å². The van der Waals surface area contributed by atoms with Crippen LogP contribution in [0.4, 0.5) is 0 Å². The lowest BCUT2D eigenvalue weighted by Gasteiger charge is -2.40. The normalized spacial score (nSPS) is 38.6. The summed E-state index contributed by atoms with van der Waals surface area (Å²) in [4.78, 5) is 23.8. The fraction of sp³-hybridized carbons (Fsp3) is 0.889. The fourth-order valence-corrected chi connectivity index (χ4v) is 3.54. The largest absolute Gasteiger partial charge is 0.461 e. The Morgan fingerprint density at radius 1 is 1.04 bits per heavy atom. The second-order valence-electron chi connectivity index (χ2n) is 7.86. The summed E-state index contributed by atoms with van der Waals surface area (Å²) in [6.45, 7) is 8.23. The van der Waals surface area contributed by atoms with Crippen molar-refractivity contribution < 1.29 is 47.5 Å². The van der Waals surface area contributed by atoms with E-state index in [4.69, 9.17) is 37.9 Å². The molecule has 3 fully saturated rings. The molecule has 0 aliphatic carbocycles. The first-order valence-electron chi connectivity index (χ1n) is 9.21.